The van der Waals surface area contributed by atoms with Crippen LogP contribution in [-0.2, 0) is 0 Å². The maximum atomic E-state index is 13.5. The Morgan fingerprint density at radius 3 is 2.38 bits per heavy atom. The Morgan fingerprint density at radius 1 is 1.14 bits per heavy atom. The van der Waals surface area contributed by atoms with E-state index in [9.17, 15) is 23.7 Å². The molecule has 0 unspecified atom stereocenters. The Labute approximate surface area is 117 Å². The van der Waals surface area contributed by atoms with Crippen LogP contribution in [0.2, 0.25) is 0 Å². The molecule has 0 saturated heterocycles. The van der Waals surface area contributed by atoms with Gasteiger partial charge in [0.05, 0.1) is 11.0 Å². The van der Waals surface area contributed by atoms with Crippen molar-refractivity contribution in [3.8, 4) is 5.75 Å². The predicted octanol–water partition coefficient (Wildman–Crippen LogP) is 3.13. The zero-order valence-electron chi connectivity index (χ0n) is 10.6. The molecule has 2 aromatic carbocycles. The third-order valence-corrected chi connectivity index (χ3v) is 2.65. The minimum Gasteiger partial charge on any atom is -0.482 e. The largest absolute Gasteiger partial charge is 0.482 e. The molecule has 0 amide bonds. The fraction of sp³-hybridized carbons (Fsp3) is 0.0714. The summed E-state index contributed by atoms with van der Waals surface area (Å²) in [7, 11) is 0. The number of benzene rings is 2. The molecule has 0 aliphatic rings. The van der Waals surface area contributed by atoms with Gasteiger partial charge in [-0.3, -0.25) is 14.9 Å². The van der Waals surface area contributed by atoms with Gasteiger partial charge < -0.3 is 4.74 Å². The van der Waals surface area contributed by atoms with E-state index in [-0.39, 0.29) is 11.3 Å². The van der Waals surface area contributed by atoms with Gasteiger partial charge in [0.2, 0.25) is 0 Å². The van der Waals surface area contributed by atoms with E-state index in [0.29, 0.717) is 6.07 Å². The highest BCUT2D eigenvalue weighted by molar-refractivity contribution is 5.97. The van der Waals surface area contributed by atoms with Crippen molar-refractivity contribution >= 4 is 11.5 Å². The highest BCUT2D eigenvalue weighted by Gasteiger charge is 2.13. The number of nitro benzene ring substituents is 1. The summed E-state index contributed by atoms with van der Waals surface area (Å²) < 4.78 is 31.2. The van der Waals surface area contributed by atoms with E-state index < -0.39 is 34.6 Å². The fourth-order valence-electron chi connectivity index (χ4n) is 1.58. The predicted molar refractivity (Wildman–Crippen MR) is 69.3 cm³/mol. The van der Waals surface area contributed by atoms with Crippen LogP contribution >= 0.6 is 0 Å². The summed E-state index contributed by atoms with van der Waals surface area (Å²) in [6.07, 6.45) is 0. The van der Waals surface area contributed by atoms with Crippen LogP contribution < -0.4 is 4.74 Å². The molecule has 0 bridgehead atoms. The SMILES string of the molecule is O=C(COc1ccc([N+](=O)[O-])cc1F)c1ccc(F)cc1. The number of nitrogens with zero attached hydrogens (tertiary/aromatic N) is 1. The number of nitro groups is 1. The molecule has 0 aliphatic heterocycles. The molecular weight excluding hydrogens is 284 g/mol. The van der Waals surface area contributed by atoms with Crippen molar-refractivity contribution in [1.82, 2.24) is 0 Å². The van der Waals surface area contributed by atoms with Crippen LogP contribution in [0.1, 0.15) is 10.4 Å². The van der Waals surface area contributed by atoms with E-state index >= 15 is 0 Å². The number of ketones is 1. The lowest BCUT2D eigenvalue weighted by molar-refractivity contribution is -0.385. The average Bonchev–Trinajstić information content (AvgIpc) is 2.46. The number of Topliss-reactive ketones (excluding diaryl/α,β-unsaturated/α-hetero) is 1. The van der Waals surface area contributed by atoms with Gasteiger partial charge in [-0.05, 0) is 30.3 Å². The number of hydrogen-bond acceptors (Lipinski definition) is 4. The first-order valence-corrected chi connectivity index (χ1v) is 5.83. The van der Waals surface area contributed by atoms with Gasteiger partial charge in [0, 0.05) is 11.6 Å². The Bertz CT molecular complexity index is 686. The molecule has 0 radical (unpaired) electrons. The number of ether oxygens (including phenoxy) is 1. The maximum Gasteiger partial charge on any atom is 0.272 e. The van der Waals surface area contributed by atoms with Gasteiger partial charge in [-0.2, -0.15) is 0 Å². The van der Waals surface area contributed by atoms with E-state index in [1.165, 1.54) is 12.1 Å². The van der Waals surface area contributed by atoms with Crippen LogP contribution in [0.15, 0.2) is 42.5 Å². The van der Waals surface area contributed by atoms with E-state index in [2.05, 4.69) is 0 Å². The summed E-state index contributed by atoms with van der Waals surface area (Å²) in [5.41, 5.74) is -0.191. The van der Waals surface area contributed by atoms with Crippen LogP contribution in [0.4, 0.5) is 14.5 Å². The van der Waals surface area contributed by atoms with Crippen molar-refractivity contribution < 1.29 is 23.2 Å². The Morgan fingerprint density at radius 2 is 1.81 bits per heavy atom. The summed E-state index contributed by atoms with van der Waals surface area (Å²) in [6, 6.07) is 7.67. The molecule has 0 saturated carbocycles. The Kier molecular flexibility index (Phi) is 4.22. The topological polar surface area (TPSA) is 69.4 Å². The zero-order chi connectivity index (χ0) is 15.4. The molecule has 2 aromatic rings. The first-order chi connectivity index (χ1) is 9.97. The number of carbonyl (C=O) groups excluding carboxylic acids is 1. The van der Waals surface area contributed by atoms with Gasteiger partial charge in [-0.1, -0.05) is 0 Å². The summed E-state index contributed by atoms with van der Waals surface area (Å²) in [5, 5.41) is 10.5. The smallest absolute Gasteiger partial charge is 0.272 e. The van der Waals surface area contributed by atoms with E-state index in [1.54, 1.807) is 0 Å². The number of halogens is 2. The summed E-state index contributed by atoms with van der Waals surface area (Å²) in [5.74, 6) is -2.14. The first-order valence-electron chi connectivity index (χ1n) is 5.83. The highest BCUT2D eigenvalue weighted by atomic mass is 19.1. The monoisotopic (exact) mass is 293 g/mol. The number of rotatable bonds is 5. The first kappa shape index (κ1) is 14.6. The van der Waals surface area contributed by atoms with Gasteiger partial charge in [-0.15, -0.1) is 0 Å². The number of hydrogen-bond donors (Lipinski definition) is 0. The lowest BCUT2D eigenvalue weighted by Crippen LogP contribution is -2.12. The number of carbonyl (C=O) groups is 1. The Hall–Kier alpha value is -2.83. The molecule has 0 aromatic heterocycles. The second kappa shape index (κ2) is 6.08. The minimum atomic E-state index is -0.934. The third kappa shape index (κ3) is 3.59. The third-order valence-electron chi connectivity index (χ3n) is 2.65. The quantitative estimate of drug-likeness (QED) is 0.482. The van der Waals surface area contributed by atoms with Gasteiger partial charge >= 0.3 is 0 Å². The molecule has 0 fully saturated rings. The second-order valence-electron chi connectivity index (χ2n) is 4.09. The molecule has 2 rings (SSSR count). The van der Waals surface area contributed by atoms with Crippen molar-refractivity contribution in [3.05, 3.63) is 69.8 Å². The molecule has 0 heterocycles. The fourth-order valence-corrected chi connectivity index (χ4v) is 1.58. The molecule has 0 N–H and O–H groups in total. The molecule has 5 nitrogen and oxygen atoms in total. The molecule has 0 spiro atoms. The molecule has 108 valence electrons. The van der Waals surface area contributed by atoms with Crippen LogP contribution in [0.3, 0.4) is 0 Å². The maximum absolute atomic E-state index is 13.5. The van der Waals surface area contributed by atoms with Crippen molar-refractivity contribution in [2.24, 2.45) is 0 Å². The van der Waals surface area contributed by atoms with Gasteiger partial charge in [-0.25, -0.2) is 8.78 Å². The molecule has 0 aliphatic carbocycles. The van der Waals surface area contributed by atoms with E-state index in [0.717, 1.165) is 24.3 Å². The van der Waals surface area contributed by atoms with E-state index in [1.807, 2.05) is 0 Å². The summed E-state index contributed by atoms with van der Waals surface area (Å²) in [6.45, 7) is -0.458. The number of non-ortho nitro benzene ring substituents is 1. The van der Waals surface area contributed by atoms with Gasteiger partial charge in [0.15, 0.2) is 24.0 Å². The standard InChI is InChI=1S/C14H9F2NO4/c15-10-3-1-9(2-4-10)13(18)8-21-14-6-5-11(17(19)20)7-12(14)16/h1-7H,8H2. The summed E-state index contributed by atoms with van der Waals surface area (Å²) >= 11 is 0. The molecule has 0 atom stereocenters. The zero-order valence-corrected chi connectivity index (χ0v) is 10.6. The van der Waals surface area contributed by atoms with Crippen molar-refractivity contribution in [2.45, 2.75) is 0 Å². The van der Waals surface area contributed by atoms with Gasteiger partial charge in [0.1, 0.15) is 5.82 Å². The van der Waals surface area contributed by atoms with E-state index in [4.69, 9.17) is 4.74 Å². The van der Waals surface area contributed by atoms with Crippen molar-refractivity contribution in [3.63, 3.8) is 0 Å². The Balaban J connectivity index is 2.04. The normalized spacial score (nSPS) is 10.2. The van der Waals surface area contributed by atoms with Crippen LogP contribution in [0.25, 0.3) is 0 Å². The van der Waals surface area contributed by atoms with Crippen molar-refractivity contribution in [1.29, 1.82) is 0 Å². The van der Waals surface area contributed by atoms with Crippen LogP contribution in [0.5, 0.6) is 5.75 Å². The molecular formula is C14H9F2NO4. The highest BCUT2D eigenvalue weighted by Crippen LogP contribution is 2.22. The lowest BCUT2D eigenvalue weighted by Gasteiger charge is -2.06. The molecule has 7 heteroatoms. The summed E-state index contributed by atoms with van der Waals surface area (Å²) in [4.78, 5) is 21.5. The van der Waals surface area contributed by atoms with Crippen LogP contribution in [-0.4, -0.2) is 17.3 Å². The van der Waals surface area contributed by atoms with Crippen molar-refractivity contribution in [2.75, 3.05) is 6.61 Å². The average molecular weight is 293 g/mol. The second-order valence-corrected chi connectivity index (χ2v) is 4.09. The molecule has 21 heavy (non-hydrogen) atoms. The van der Waals surface area contributed by atoms with Crippen LogP contribution in [0, 0.1) is 21.7 Å². The van der Waals surface area contributed by atoms with Gasteiger partial charge in [0.25, 0.3) is 5.69 Å². The lowest BCUT2D eigenvalue weighted by atomic mass is 10.1. The minimum absolute atomic E-state index is 0.221.